The number of halogens is 5. The van der Waals surface area contributed by atoms with Gasteiger partial charge in [-0.3, -0.25) is 0 Å². The quantitative estimate of drug-likeness (QED) is 0.372. The van der Waals surface area contributed by atoms with Crippen molar-refractivity contribution in [2.75, 3.05) is 7.11 Å². The number of methoxy groups -OCH3 is 1. The molecular weight excluding hydrogens is 425 g/mol. The minimum Gasteiger partial charge on any atom is -0.619 e. The number of nitrogens with one attached hydrogen (secondary N) is 1. The van der Waals surface area contributed by atoms with Gasteiger partial charge in [0.1, 0.15) is 11.9 Å². The highest BCUT2D eigenvalue weighted by Crippen LogP contribution is 2.59. The molecule has 3 aromatic rings. The zero-order valence-electron chi connectivity index (χ0n) is 16.6. The van der Waals surface area contributed by atoms with Gasteiger partial charge in [-0.05, 0) is 13.0 Å². The van der Waals surface area contributed by atoms with E-state index in [4.69, 9.17) is 9.47 Å². The molecule has 0 amide bonds. The highest BCUT2D eigenvalue weighted by atomic mass is 19.4. The second-order valence-electron chi connectivity index (χ2n) is 7.67. The molecule has 2 aromatic heterocycles. The summed E-state index contributed by atoms with van der Waals surface area (Å²) in [6.07, 6.45) is -3.69. The number of aromatic nitrogens is 3. The lowest BCUT2D eigenvalue weighted by atomic mass is 9.77. The van der Waals surface area contributed by atoms with Gasteiger partial charge < -0.3 is 19.7 Å². The molecule has 0 saturated carbocycles. The van der Waals surface area contributed by atoms with E-state index in [9.17, 15) is 27.2 Å². The summed E-state index contributed by atoms with van der Waals surface area (Å²) in [6, 6.07) is 3.44. The van der Waals surface area contributed by atoms with Crippen LogP contribution in [0, 0.1) is 22.8 Å². The molecule has 1 N–H and O–H groups in total. The van der Waals surface area contributed by atoms with E-state index in [0.717, 1.165) is 26.3 Å². The normalized spacial score (nSPS) is 26.5. The van der Waals surface area contributed by atoms with Gasteiger partial charge in [0.25, 0.3) is 0 Å². The number of aromatic amines is 1. The lowest BCUT2D eigenvalue weighted by Crippen LogP contribution is -2.46. The predicted octanol–water partition coefficient (Wildman–Crippen LogP) is 4.30. The number of fused-ring (bicyclic) bond motifs is 1. The predicted molar refractivity (Wildman–Crippen MR) is 98.2 cm³/mol. The maximum Gasteiger partial charge on any atom is 0.417 e. The van der Waals surface area contributed by atoms with Crippen LogP contribution in [0.5, 0.6) is 5.75 Å². The zero-order chi connectivity index (χ0) is 22.7. The second-order valence-corrected chi connectivity index (χ2v) is 7.67. The maximum absolute atomic E-state index is 14.4. The molecular formula is C20H18F5N3O3. The second kappa shape index (κ2) is 7.04. The zero-order valence-corrected chi connectivity index (χ0v) is 16.6. The maximum atomic E-state index is 14.4. The molecule has 4 atom stereocenters. The smallest absolute Gasteiger partial charge is 0.417 e. The van der Waals surface area contributed by atoms with Crippen LogP contribution in [-0.2, 0) is 4.74 Å². The van der Waals surface area contributed by atoms with E-state index < -0.39 is 47.1 Å². The molecule has 31 heavy (non-hydrogen) atoms. The Hall–Kier alpha value is -2.95. The van der Waals surface area contributed by atoms with Crippen molar-refractivity contribution in [2.24, 2.45) is 5.92 Å². The van der Waals surface area contributed by atoms with Gasteiger partial charge in [0.2, 0.25) is 12.0 Å². The van der Waals surface area contributed by atoms with Gasteiger partial charge in [-0.15, -0.1) is 0 Å². The number of ether oxygens (including phenoxy) is 2. The van der Waals surface area contributed by atoms with E-state index in [1.807, 2.05) is 0 Å². The van der Waals surface area contributed by atoms with Crippen molar-refractivity contribution in [2.45, 2.75) is 37.6 Å². The number of hydrogen-bond donors (Lipinski definition) is 1. The molecule has 11 heteroatoms. The van der Waals surface area contributed by atoms with Gasteiger partial charge in [-0.25, -0.2) is 9.37 Å². The number of nitrogens with zero attached hydrogens (tertiary/aromatic N) is 2. The van der Waals surface area contributed by atoms with Crippen molar-refractivity contribution < 1.29 is 36.2 Å². The number of pyridine rings is 1. The van der Waals surface area contributed by atoms with Crippen molar-refractivity contribution in [3.05, 3.63) is 58.8 Å². The monoisotopic (exact) mass is 443 g/mol. The van der Waals surface area contributed by atoms with E-state index >= 15 is 0 Å². The topological polar surface area (TPSA) is 74.1 Å². The summed E-state index contributed by atoms with van der Waals surface area (Å²) in [6.45, 7) is 2.23. The largest absolute Gasteiger partial charge is 0.619 e. The van der Waals surface area contributed by atoms with Crippen molar-refractivity contribution in [1.82, 2.24) is 9.97 Å². The van der Waals surface area contributed by atoms with Gasteiger partial charge in [0.15, 0.2) is 28.9 Å². The third-order valence-electron chi connectivity index (χ3n) is 6.00. The summed E-state index contributed by atoms with van der Waals surface area (Å²) in [4.78, 5) is 7.10. The summed E-state index contributed by atoms with van der Waals surface area (Å²) in [7, 11) is 1.11. The Bertz CT molecular complexity index is 1150. The van der Waals surface area contributed by atoms with Crippen LogP contribution in [0.1, 0.15) is 37.3 Å². The van der Waals surface area contributed by atoms with Crippen LogP contribution < -0.4 is 9.47 Å². The molecule has 1 aliphatic heterocycles. The Balaban J connectivity index is 1.92. The molecule has 3 heterocycles. The molecule has 0 aliphatic carbocycles. The first-order valence-corrected chi connectivity index (χ1v) is 9.32. The van der Waals surface area contributed by atoms with Gasteiger partial charge in [0, 0.05) is 23.5 Å². The summed E-state index contributed by atoms with van der Waals surface area (Å²) in [5.41, 5.74) is -1.95. The van der Waals surface area contributed by atoms with Crippen molar-refractivity contribution >= 4 is 11.0 Å². The van der Waals surface area contributed by atoms with E-state index in [1.165, 1.54) is 25.3 Å². The van der Waals surface area contributed by atoms with Gasteiger partial charge in [-0.1, -0.05) is 13.0 Å². The van der Waals surface area contributed by atoms with Crippen LogP contribution in [0.2, 0.25) is 0 Å². The van der Waals surface area contributed by atoms with Crippen LogP contribution in [0.25, 0.3) is 11.0 Å². The molecule has 1 aromatic carbocycles. The SMILES string of the molecule is COc1c([C@H]2[C@H](c3nc4c[n+]([O-])ccc4[nH]3)O[C@@](C)(C(F)(F)F)[C@H]2C)ccc(F)c1F. The average molecular weight is 443 g/mol. The summed E-state index contributed by atoms with van der Waals surface area (Å²) in [5.74, 6) is -5.26. The Morgan fingerprint density at radius 3 is 2.61 bits per heavy atom. The highest BCUT2D eigenvalue weighted by Gasteiger charge is 2.65. The first-order valence-electron chi connectivity index (χ1n) is 9.32. The molecule has 1 saturated heterocycles. The van der Waals surface area contributed by atoms with Crippen LogP contribution in [0.15, 0.2) is 30.6 Å². The average Bonchev–Trinajstić information content (AvgIpc) is 3.23. The summed E-state index contributed by atoms with van der Waals surface area (Å²) >= 11 is 0. The number of rotatable bonds is 3. The van der Waals surface area contributed by atoms with Gasteiger partial charge in [0.05, 0.1) is 12.6 Å². The Morgan fingerprint density at radius 1 is 1.26 bits per heavy atom. The molecule has 0 unspecified atom stereocenters. The third kappa shape index (κ3) is 3.18. The molecule has 6 nitrogen and oxygen atoms in total. The molecule has 0 spiro atoms. The molecule has 0 radical (unpaired) electrons. The molecule has 1 fully saturated rings. The lowest BCUT2D eigenvalue weighted by molar-refractivity contribution is -0.604. The van der Waals surface area contributed by atoms with Crippen molar-refractivity contribution in [1.29, 1.82) is 0 Å². The molecule has 1 aliphatic rings. The fourth-order valence-corrected chi connectivity index (χ4v) is 4.14. The first kappa shape index (κ1) is 21.3. The van der Waals surface area contributed by atoms with Crippen molar-refractivity contribution in [3.63, 3.8) is 0 Å². The van der Waals surface area contributed by atoms with E-state index in [2.05, 4.69) is 9.97 Å². The van der Waals surface area contributed by atoms with E-state index in [1.54, 1.807) is 0 Å². The fourth-order valence-electron chi connectivity index (χ4n) is 4.14. The number of alkyl halides is 3. The number of imidazole rings is 1. The Morgan fingerprint density at radius 2 is 1.97 bits per heavy atom. The van der Waals surface area contributed by atoms with E-state index in [-0.39, 0.29) is 16.9 Å². The lowest BCUT2D eigenvalue weighted by Gasteiger charge is -2.32. The highest BCUT2D eigenvalue weighted by molar-refractivity contribution is 5.72. The minimum absolute atomic E-state index is 0.0196. The van der Waals surface area contributed by atoms with Crippen LogP contribution in [0.3, 0.4) is 0 Å². The molecule has 0 bridgehead atoms. The summed E-state index contributed by atoms with van der Waals surface area (Å²) < 4.78 is 81.1. The van der Waals surface area contributed by atoms with Crippen LogP contribution in [-0.4, -0.2) is 28.9 Å². The summed E-state index contributed by atoms with van der Waals surface area (Å²) in [5, 5.41) is 11.5. The third-order valence-corrected chi connectivity index (χ3v) is 6.00. The van der Waals surface area contributed by atoms with Crippen LogP contribution >= 0.6 is 0 Å². The van der Waals surface area contributed by atoms with Gasteiger partial charge >= 0.3 is 6.18 Å². The van der Waals surface area contributed by atoms with Gasteiger partial charge in [-0.2, -0.15) is 22.3 Å². The fraction of sp³-hybridized carbons (Fsp3) is 0.400. The standard InChI is InChI=1S/C20H18F5N3O3/c1-9-14(10-4-5-11(21)15(22)16(10)30-3)17(31-19(9,2)20(23,24)25)18-26-12-6-7-28(29)8-13(12)27-18/h4-9,14,17H,1-3H3,(H,26,27)/t9-,14-,17+,19+/m0/s1. The minimum atomic E-state index is -4.75. The molecule has 4 rings (SSSR count). The number of H-pyrrole nitrogens is 1. The Kier molecular flexibility index (Phi) is 4.84. The van der Waals surface area contributed by atoms with Crippen molar-refractivity contribution in [3.8, 4) is 5.75 Å². The first-order chi connectivity index (χ1) is 14.5. The number of benzene rings is 1. The van der Waals surface area contributed by atoms with E-state index in [0.29, 0.717) is 10.2 Å². The Labute approximate surface area is 173 Å². The molecule has 166 valence electrons. The number of hydrogen-bond acceptors (Lipinski definition) is 4. The van der Waals surface area contributed by atoms with Crippen LogP contribution in [0.4, 0.5) is 22.0 Å².